The number of hydrogen-bond acceptors (Lipinski definition) is 6. The van der Waals surface area contributed by atoms with Gasteiger partial charge in [-0.15, -0.1) is 11.3 Å². The number of oxazole rings is 1. The van der Waals surface area contributed by atoms with Gasteiger partial charge in [-0.1, -0.05) is 36.0 Å². The van der Waals surface area contributed by atoms with Crippen molar-refractivity contribution < 1.29 is 8.81 Å². The van der Waals surface area contributed by atoms with E-state index in [1.807, 2.05) is 29.6 Å². The van der Waals surface area contributed by atoms with Crippen LogP contribution in [0.2, 0.25) is 0 Å². The van der Waals surface area contributed by atoms with E-state index in [1.165, 1.54) is 12.1 Å². The van der Waals surface area contributed by atoms with Crippen molar-refractivity contribution in [3.05, 3.63) is 71.9 Å². The average Bonchev–Trinajstić information content (AvgIpc) is 3.31. The molecular formula is C20H12FN3OS2. The standard InChI is InChI=1S/C20H12FN3OS2/c21-13-7-5-12(6-8-13)14-9-26-19-18(14)20(23-11-22-19)27-10-17-24-15-3-1-2-4-16(15)25-17/h1-9,11H,10H2. The molecule has 0 saturated carbocycles. The summed E-state index contributed by atoms with van der Waals surface area (Å²) in [6, 6.07) is 14.2. The van der Waals surface area contributed by atoms with Gasteiger partial charge in [0.1, 0.15) is 27.5 Å². The van der Waals surface area contributed by atoms with Gasteiger partial charge in [0.15, 0.2) is 5.58 Å². The molecule has 4 nitrogen and oxygen atoms in total. The number of hydrogen-bond donors (Lipinski definition) is 0. The Balaban J connectivity index is 1.51. The van der Waals surface area contributed by atoms with E-state index >= 15 is 0 Å². The molecule has 0 amide bonds. The molecule has 0 unspecified atom stereocenters. The molecule has 7 heteroatoms. The maximum atomic E-state index is 13.3. The van der Waals surface area contributed by atoms with Gasteiger partial charge in [0.2, 0.25) is 5.89 Å². The minimum atomic E-state index is -0.250. The zero-order chi connectivity index (χ0) is 18.2. The first-order valence-corrected chi connectivity index (χ1v) is 10.1. The lowest BCUT2D eigenvalue weighted by Gasteiger charge is -2.04. The van der Waals surface area contributed by atoms with Crippen molar-refractivity contribution in [3.63, 3.8) is 0 Å². The number of benzene rings is 2. The molecular weight excluding hydrogens is 381 g/mol. The Kier molecular flexibility index (Phi) is 4.10. The lowest BCUT2D eigenvalue weighted by Crippen LogP contribution is -1.87. The van der Waals surface area contributed by atoms with Gasteiger partial charge < -0.3 is 4.42 Å². The first kappa shape index (κ1) is 16.4. The van der Waals surface area contributed by atoms with Crippen LogP contribution in [0.15, 0.2) is 69.7 Å². The summed E-state index contributed by atoms with van der Waals surface area (Å²) in [5.74, 6) is 0.978. The molecule has 0 aliphatic carbocycles. The second-order valence-electron chi connectivity index (χ2n) is 5.88. The Hall–Kier alpha value is -2.77. The van der Waals surface area contributed by atoms with Crippen LogP contribution in [0.3, 0.4) is 0 Å². The van der Waals surface area contributed by atoms with Crippen LogP contribution in [-0.2, 0) is 5.75 Å². The quantitative estimate of drug-likeness (QED) is 0.280. The van der Waals surface area contributed by atoms with E-state index in [4.69, 9.17) is 4.42 Å². The molecule has 27 heavy (non-hydrogen) atoms. The van der Waals surface area contributed by atoms with Gasteiger partial charge in [-0.3, -0.25) is 0 Å². The van der Waals surface area contributed by atoms with Gasteiger partial charge in [0, 0.05) is 10.9 Å². The molecule has 5 rings (SSSR count). The summed E-state index contributed by atoms with van der Waals surface area (Å²) in [4.78, 5) is 14.3. The van der Waals surface area contributed by atoms with Crippen molar-refractivity contribution in [2.45, 2.75) is 10.8 Å². The van der Waals surface area contributed by atoms with Crippen molar-refractivity contribution in [2.24, 2.45) is 0 Å². The molecule has 5 aromatic rings. The number of nitrogens with zero attached hydrogens (tertiary/aromatic N) is 3. The number of aromatic nitrogens is 3. The number of halogens is 1. The Labute approximate surface area is 162 Å². The fourth-order valence-electron chi connectivity index (χ4n) is 2.91. The number of thiophene rings is 1. The molecule has 0 fully saturated rings. The molecule has 2 aromatic carbocycles. The van der Waals surface area contributed by atoms with Gasteiger partial charge >= 0.3 is 0 Å². The predicted molar refractivity (Wildman–Crippen MR) is 106 cm³/mol. The second kappa shape index (κ2) is 6.75. The Morgan fingerprint density at radius 2 is 1.89 bits per heavy atom. The molecule has 132 valence electrons. The van der Waals surface area contributed by atoms with Crippen LogP contribution < -0.4 is 0 Å². The van der Waals surface area contributed by atoms with E-state index in [-0.39, 0.29) is 5.82 Å². The third-order valence-corrected chi connectivity index (χ3v) is 6.02. The minimum absolute atomic E-state index is 0.250. The lowest BCUT2D eigenvalue weighted by atomic mass is 10.1. The van der Waals surface area contributed by atoms with Gasteiger partial charge in [-0.05, 0) is 29.8 Å². The summed E-state index contributed by atoms with van der Waals surface area (Å²) < 4.78 is 19.1. The average molecular weight is 393 g/mol. The molecule has 3 aromatic heterocycles. The van der Waals surface area contributed by atoms with Crippen molar-refractivity contribution in [3.8, 4) is 11.1 Å². The van der Waals surface area contributed by atoms with Gasteiger partial charge in [-0.25, -0.2) is 19.3 Å². The maximum Gasteiger partial charge on any atom is 0.205 e. The molecule has 0 aliphatic rings. The number of rotatable bonds is 4. The smallest absolute Gasteiger partial charge is 0.205 e. The molecule has 3 heterocycles. The molecule has 0 radical (unpaired) electrons. The van der Waals surface area contributed by atoms with Crippen LogP contribution >= 0.6 is 23.1 Å². The van der Waals surface area contributed by atoms with E-state index in [9.17, 15) is 4.39 Å². The summed E-state index contributed by atoms with van der Waals surface area (Å²) in [5, 5.41) is 3.88. The number of para-hydroxylation sites is 2. The summed E-state index contributed by atoms with van der Waals surface area (Å²) in [7, 11) is 0. The molecule has 0 aliphatic heterocycles. The van der Waals surface area contributed by atoms with Crippen LogP contribution in [0.25, 0.3) is 32.4 Å². The van der Waals surface area contributed by atoms with E-state index in [0.29, 0.717) is 11.6 Å². The van der Waals surface area contributed by atoms with Gasteiger partial charge in [0.05, 0.1) is 11.1 Å². The van der Waals surface area contributed by atoms with Crippen LogP contribution in [0, 0.1) is 5.82 Å². The second-order valence-corrected chi connectivity index (χ2v) is 7.70. The topological polar surface area (TPSA) is 51.8 Å². The van der Waals surface area contributed by atoms with Gasteiger partial charge in [-0.2, -0.15) is 0 Å². The molecule has 0 N–H and O–H groups in total. The predicted octanol–water partition coefficient (Wildman–Crippen LogP) is 5.93. The molecule has 0 atom stereocenters. The van der Waals surface area contributed by atoms with Crippen molar-refractivity contribution in [1.29, 1.82) is 0 Å². The highest BCUT2D eigenvalue weighted by atomic mass is 32.2. The first-order valence-electron chi connectivity index (χ1n) is 8.23. The van der Waals surface area contributed by atoms with Crippen molar-refractivity contribution in [2.75, 3.05) is 0 Å². The number of thioether (sulfide) groups is 1. The highest BCUT2D eigenvalue weighted by Crippen LogP contribution is 2.38. The van der Waals surface area contributed by atoms with E-state index in [1.54, 1.807) is 41.6 Å². The van der Waals surface area contributed by atoms with Crippen molar-refractivity contribution in [1.82, 2.24) is 15.0 Å². The van der Waals surface area contributed by atoms with E-state index < -0.39 is 0 Å². The lowest BCUT2D eigenvalue weighted by molar-refractivity contribution is 0.556. The monoisotopic (exact) mass is 393 g/mol. The third-order valence-electron chi connectivity index (χ3n) is 4.16. The zero-order valence-corrected chi connectivity index (χ0v) is 15.6. The normalized spacial score (nSPS) is 11.4. The zero-order valence-electron chi connectivity index (χ0n) is 13.9. The molecule has 0 bridgehead atoms. The number of fused-ring (bicyclic) bond motifs is 2. The van der Waals surface area contributed by atoms with Crippen molar-refractivity contribution >= 4 is 44.4 Å². The van der Waals surface area contributed by atoms with Gasteiger partial charge in [0.25, 0.3) is 0 Å². The third kappa shape index (κ3) is 3.09. The maximum absolute atomic E-state index is 13.3. The molecule has 0 spiro atoms. The van der Waals surface area contributed by atoms with Crippen LogP contribution in [0.1, 0.15) is 5.89 Å². The van der Waals surface area contributed by atoms with Crippen LogP contribution in [0.4, 0.5) is 4.39 Å². The van der Waals surface area contributed by atoms with Crippen LogP contribution in [0.5, 0.6) is 0 Å². The Morgan fingerprint density at radius 3 is 2.74 bits per heavy atom. The van der Waals surface area contributed by atoms with E-state index in [0.717, 1.165) is 37.5 Å². The first-order chi connectivity index (χ1) is 13.3. The Bertz CT molecular complexity index is 1210. The Morgan fingerprint density at radius 1 is 1.04 bits per heavy atom. The van der Waals surface area contributed by atoms with Crippen LogP contribution in [-0.4, -0.2) is 15.0 Å². The minimum Gasteiger partial charge on any atom is -0.440 e. The highest BCUT2D eigenvalue weighted by Gasteiger charge is 2.15. The largest absolute Gasteiger partial charge is 0.440 e. The fourth-order valence-corrected chi connectivity index (χ4v) is 4.75. The van der Waals surface area contributed by atoms with E-state index in [2.05, 4.69) is 15.0 Å². The summed E-state index contributed by atoms with van der Waals surface area (Å²) in [6.45, 7) is 0. The summed E-state index contributed by atoms with van der Waals surface area (Å²) >= 11 is 3.12. The summed E-state index contributed by atoms with van der Waals surface area (Å²) in [6.07, 6.45) is 1.57. The summed E-state index contributed by atoms with van der Waals surface area (Å²) in [5.41, 5.74) is 3.59. The fraction of sp³-hybridized carbons (Fsp3) is 0.0500. The molecule has 0 saturated heterocycles. The highest BCUT2D eigenvalue weighted by molar-refractivity contribution is 7.98. The SMILES string of the molecule is Fc1ccc(-c2csc3ncnc(SCc4nc5ccccc5o4)c23)cc1.